The Kier molecular flexibility index (Phi) is 4.66. The van der Waals surface area contributed by atoms with Gasteiger partial charge in [0.15, 0.2) is 5.16 Å². The third-order valence-corrected chi connectivity index (χ3v) is 4.26. The molecule has 0 amide bonds. The Morgan fingerprint density at radius 1 is 1.61 bits per heavy atom. The van der Waals surface area contributed by atoms with Gasteiger partial charge in [-0.25, -0.2) is 4.98 Å². The Bertz CT molecular complexity index is 448. The van der Waals surface area contributed by atoms with Crippen LogP contribution in [-0.4, -0.2) is 40.3 Å². The van der Waals surface area contributed by atoms with Gasteiger partial charge in [0.2, 0.25) is 0 Å². The molecule has 3 N–H and O–H groups in total. The molecule has 1 fully saturated rings. The lowest BCUT2D eigenvalue weighted by Gasteiger charge is -2.32. The molecule has 6 heteroatoms. The summed E-state index contributed by atoms with van der Waals surface area (Å²) in [5.41, 5.74) is 5.36. The molecule has 1 aromatic rings. The van der Waals surface area contributed by atoms with Gasteiger partial charge in [-0.05, 0) is 32.9 Å². The van der Waals surface area contributed by atoms with Crippen molar-refractivity contribution in [2.75, 3.05) is 25.1 Å². The highest BCUT2D eigenvalue weighted by molar-refractivity contribution is 7.99. The number of thioether (sulfide) groups is 1. The van der Waals surface area contributed by atoms with E-state index in [-0.39, 0.29) is 11.4 Å². The summed E-state index contributed by atoms with van der Waals surface area (Å²) in [4.78, 5) is 20.5. The second-order valence-electron chi connectivity index (χ2n) is 4.74. The van der Waals surface area contributed by atoms with E-state index >= 15 is 0 Å². The van der Waals surface area contributed by atoms with E-state index in [1.54, 1.807) is 11.8 Å². The van der Waals surface area contributed by atoms with Crippen LogP contribution < -0.4 is 11.3 Å². The SMILES string of the molecule is CN1CCCCC1CCSc1nc(N)cc(=O)[nH]1. The van der Waals surface area contributed by atoms with Crippen LogP contribution in [0.15, 0.2) is 16.0 Å². The Hall–Kier alpha value is -1.01. The lowest BCUT2D eigenvalue weighted by atomic mass is 10.0. The number of aromatic nitrogens is 2. The number of hydrogen-bond acceptors (Lipinski definition) is 5. The zero-order chi connectivity index (χ0) is 13.0. The average Bonchev–Trinajstić information content (AvgIpc) is 2.30. The average molecular weight is 268 g/mol. The van der Waals surface area contributed by atoms with Crippen LogP contribution in [0.4, 0.5) is 5.82 Å². The summed E-state index contributed by atoms with van der Waals surface area (Å²) in [7, 11) is 2.19. The lowest BCUT2D eigenvalue weighted by molar-refractivity contribution is 0.182. The van der Waals surface area contributed by atoms with Crippen LogP contribution in [-0.2, 0) is 0 Å². The molecule has 1 atom stereocenters. The fraction of sp³-hybridized carbons (Fsp3) is 0.667. The van der Waals surface area contributed by atoms with Crippen molar-refractivity contribution in [3.63, 3.8) is 0 Å². The first kappa shape index (κ1) is 13.4. The zero-order valence-corrected chi connectivity index (χ0v) is 11.5. The van der Waals surface area contributed by atoms with E-state index in [0.717, 1.165) is 12.2 Å². The van der Waals surface area contributed by atoms with Crippen LogP contribution in [0.25, 0.3) is 0 Å². The minimum atomic E-state index is -0.181. The number of nitrogens with zero attached hydrogens (tertiary/aromatic N) is 2. The Balaban J connectivity index is 1.82. The van der Waals surface area contributed by atoms with Crippen molar-refractivity contribution < 1.29 is 0 Å². The molecule has 1 aliphatic heterocycles. The molecular formula is C12H20N4OS. The molecular weight excluding hydrogens is 248 g/mol. The number of nitrogens with one attached hydrogen (secondary N) is 1. The minimum absolute atomic E-state index is 0.181. The smallest absolute Gasteiger partial charge is 0.253 e. The molecule has 0 spiro atoms. The number of likely N-dealkylation sites (tertiary alicyclic amines) is 1. The van der Waals surface area contributed by atoms with E-state index in [2.05, 4.69) is 21.9 Å². The van der Waals surface area contributed by atoms with Gasteiger partial charge in [0, 0.05) is 17.9 Å². The largest absolute Gasteiger partial charge is 0.383 e. The standard InChI is InChI=1S/C12H20N4OS/c1-16-6-3-2-4-9(16)5-7-18-12-14-10(13)8-11(17)15-12/h8-9H,2-7H2,1H3,(H3,13,14,15,17). The lowest BCUT2D eigenvalue weighted by Crippen LogP contribution is -2.36. The minimum Gasteiger partial charge on any atom is -0.383 e. The Morgan fingerprint density at radius 3 is 3.17 bits per heavy atom. The van der Waals surface area contributed by atoms with E-state index < -0.39 is 0 Å². The zero-order valence-electron chi connectivity index (χ0n) is 10.7. The third-order valence-electron chi connectivity index (χ3n) is 3.35. The predicted octanol–water partition coefficient (Wildman–Crippen LogP) is 1.32. The molecule has 5 nitrogen and oxygen atoms in total. The summed E-state index contributed by atoms with van der Waals surface area (Å²) in [5.74, 6) is 1.25. The molecule has 100 valence electrons. The molecule has 2 heterocycles. The highest BCUT2D eigenvalue weighted by Gasteiger charge is 2.18. The van der Waals surface area contributed by atoms with Crippen LogP contribution in [0, 0.1) is 0 Å². The molecule has 0 saturated carbocycles. The quantitative estimate of drug-likeness (QED) is 0.636. The molecule has 1 aliphatic rings. The number of aromatic amines is 1. The van der Waals surface area contributed by atoms with E-state index in [1.165, 1.54) is 31.9 Å². The molecule has 1 unspecified atom stereocenters. The second-order valence-corrected chi connectivity index (χ2v) is 5.83. The van der Waals surface area contributed by atoms with Crippen LogP contribution >= 0.6 is 11.8 Å². The number of nitrogen functional groups attached to an aromatic ring is 1. The number of rotatable bonds is 4. The monoisotopic (exact) mass is 268 g/mol. The van der Waals surface area contributed by atoms with E-state index in [0.29, 0.717) is 11.2 Å². The van der Waals surface area contributed by atoms with Crippen molar-refractivity contribution in [3.8, 4) is 0 Å². The summed E-state index contributed by atoms with van der Waals surface area (Å²) >= 11 is 1.57. The van der Waals surface area contributed by atoms with Gasteiger partial charge in [-0.2, -0.15) is 0 Å². The maximum atomic E-state index is 11.2. The number of piperidine rings is 1. The summed E-state index contributed by atoms with van der Waals surface area (Å²) < 4.78 is 0. The molecule has 2 rings (SSSR count). The van der Waals surface area contributed by atoms with Gasteiger partial charge in [-0.15, -0.1) is 0 Å². The van der Waals surface area contributed by atoms with Crippen molar-refractivity contribution in [1.29, 1.82) is 0 Å². The van der Waals surface area contributed by atoms with Crippen molar-refractivity contribution in [3.05, 3.63) is 16.4 Å². The van der Waals surface area contributed by atoms with Gasteiger partial charge in [-0.1, -0.05) is 18.2 Å². The highest BCUT2D eigenvalue weighted by atomic mass is 32.2. The van der Waals surface area contributed by atoms with Crippen molar-refractivity contribution >= 4 is 17.6 Å². The van der Waals surface area contributed by atoms with E-state index in [9.17, 15) is 4.79 Å². The molecule has 1 aromatic heterocycles. The summed E-state index contributed by atoms with van der Waals surface area (Å²) in [6.45, 7) is 1.20. The second kappa shape index (κ2) is 6.24. The summed E-state index contributed by atoms with van der Waals surface area (Å²) in [5, 5.41) is 0.624. The van der Waals surface area contributed by atoms with Gasteiger partial charge in [0.25, 0.3) is 5.56 Å². The predicted molar refractivity (Wildman–Crippen MR) is 74.9 cm³/mol. The molecule has 1 saturated heterocycles. The molecule has 0 aliphatic carbocycles. The number of hydrogen-bond donors (Lipinski definition) is 2. The molecule has 18 heavy (non-hydrogen) atoms. The first-order valence-electron chi connectivity index (χ1n) is 6.35. The van der Waals surface area contributed by atoms with Crippen molar-refractivity contribution in [2.24, 2.45) is 0 Å². The third kappa shape index (κ3) is 3.74. The van der Waals surface area contributed by atoms with Gasteiger partial charge >= 0.3 is 0 Å². The van der Waals surface area contributed by atoms with Gasteiger partial charge in [-0.3, -0.25) is 4.79 Å². The molecule has 0 bridgehead atoms. The maximum Gasteiger partial charge on any atom is 0.253 e. The first-order valence-corrected chi connectivity index (χ1v) is 7.33. The van der Waals surface area contributed by atoms with E-state index in [1.807, 2.05) is 0 Å². The summed E-state index contributed by atoms with van der Waals surface area (Å²) in [6, 6.07) is 1.97. The number of nitrogens with two attached hydrogens (primary N) is 1. The van der Waals surface area contributed by atoms with E-state index in [4.69, 9.17) is 5.73 Å². The van der Waals surface area contributed by atoms with Gasteiger partial charge < -0.3 is 15.6 Å². The maximum absolute atomic E-state index is 11.2. The first-order chi connectivity index (χ1) is 8.65. The molecule has 0 radical (unpaired) electrons. The van der Waals surface area contributed by atoms with Gasteiger partial charge in [0.1, 0.15) is 5.82 Å². The topological polar surface area (TPSA) is 75.0 Å². The van der Waals surface area contributed by atoms with Crippen molar-refractivity contribution in [1.82, 2.24) is 14.9 Å². The van der Waals surface area contributed by atoms with Gasteiger partial charge in [0.05, 0.1) is 0 Å². The van der Waals surface area contributed by atoms with Crippen LogP contribution in [0.3, 0.4) is 0 Å². The van der Waals surface area contributed by atoms with Crippen LogP contribution in [0.1, 0.15) is 25.7 Å². The normalized spacial score (nSPS) is 21.1. The highest BCUT2D eigenvalue weighted by Crippen LogP contribution is 2.21. The Labute approximate surface area is 111 Å². The Morgan fingerprint density at radius 2 is 2.44 bits per heavy atom. The van der Waals surface area contributed by atoms with Crippen LogP contribution in [0.5, 0.6) is 0 Å². The number of H-pyrrole nitrogens is 1. The van der Waals surface area contributed by atoms with Crippen LogP contribution in [0.2, 0.25) is 0 Å². The number of anilines is 1. The fourth-order valence-corrected chi connectivity index (χ4v) is 3.25. The molecule has 0 aromatic carbocycles. The van der Waals surface area contributed by atoms with Crippen molar-refractivity contribution in [2.45, 2.75) is 36.9 Å². The summed E-state index contributed by atoms with van der Waals surface area (Å²) in [6.07, 6.45) is 5.04. The fourth-order valence-electron chi connectivity index (χ4n) is 2.32.